The van der Waals surface area contributed by atoms with Gasteiger partial charge in [-0.15, -0.1) is 0 Å². The molecular weight excluding hydrogens is 425 g/mol. The smallest absolute Gasteiger partial charge is 0.316 e. The van der Waals surface area contributed by atoms with Crippen molar-refractivity contribution < 1.29 is 23.5 Å². The number of amides is 2. The fourth-order valence-electron chi connectivity index (χ4n) is 3.55. The molecule has 7 nitrogen and oxygen atoms in total. The molecule has 166 valence electrons. The van der Waals surface area contributed by atoms with Gasteiger partial charge in [0.05, 0.1) is 18.4 Å². The van der Waals surface area contributed by atoms with Crippen LogP contribution in [0.4, 0.5) is 14.9 Å². The lowest BCUT2D eigenvalue weighted by atomic mass is 10.0. The zero-order valence-corrected chi connectivity index (χ0v) is 17.8. The lowest BCUT2D eigenvalue weighted by Gasteiger charge is -2.40. The zero-order chi connectivity index (χ0) is 22.4. The zero-order valence-electron chi connectivity index (χ0n) is 17.1. The van der Waals surface area contributed by atoms with E-state index in [1.807, 2.05) is 11.8 Å². The summed E-state index contributed by atoms with van der Waals surface area (Å²) in [5.74, 6) is 0.0768. The number of halogens is 2. The molecule has 3 N–H and O–H groups in total. The van der Waals surface area contributed by atoms with E-state index in [4.69, 9.17) is 26.8 Å². The second-order valence-corrected chi connectivity index (χ2v) is 7.91. The van der Waals surface area contributed by atoms with Crippen molar-refractivity contribution in [2.75, 3.05) is 25.1 Å². The molecule has 1 fully saturated rings. The van der Waals surface area contributed by atoms with E-state index in [0.717, 1.165) is 11.8 Å². The van der Waals surface area contributed by atoms with Gasteiger partial charge < -0.3 is 25.3 Å². The molecule has 0 saturated carbocycles. The highest BCUT2D eigenvalue weighted by molar-refractivity contribution is 6.31. The van der Waals surface area contributed by atoms with Crippen molar-refractivity contribution in [2.24, 2.45) is 5.73 Å². The van der Waals surface area contributed by atoms with Crippen LogP contribution in [0.3, 0.4) is 0 Å². The number of urea groups is 1. The van der Waals surface area contributed by atoms with Crippen LogP contribution in [0.25, 0.3) is 0 Å². The average Bonchev–Trinajstić information content (AvgIpc) is 2.73. The first-order chi connectivity index (χ1) is 14.9. The van der Waals surface area contributed by atoms with E-state index in [1.165, 1.54) is 18.2 Å². The van der Waals surface area contributed by atoms with E-state index in [-0.39, 0.29) is 24.6 Å². The summed E-state index contributed by atoms with van der Waals surface area (Å²) in [5, 5.41) is 2.87. The number of morpholine rings is 1. The van der Waals surface area contributed by atoms with Crippen LogP contribution in [0.1, 0.15) is 12.5 Å². The van der Waals surface area contributed by atoms with E-state index in [0.29, 0.717) is 36.0 Å². The number of carbonyl (C=O) groups is 2. The molecule has 0 bridgehead atoms. The van der Waals surface area contributed by atoms with Gasteiger partial charge in [0, 0.05) is 17.6 Å². The van der Waals surface area contributed by atoms with Crippen molar-refractivity contribution in [3.8, 4) is 5.75 Å². The van der Waals surface area contributed by atoms with Gasteiger partial charge >= 0.3 is 6.03 Å². The molecule has 0 aliphatic carbocycles. The molecule has 0 radical (unpaired) electrons. The second-order valence-electron chi connectivity index (χ2n) is 7.48. The fraction of sp³-hybridized carbons (Fsp3) is 0.364. The number of ether oxygens (including phenoxy) is 2. The molecule has 1 heterocycles. The van der Waals surface area contributed by atoms with Gasteiger partial charge in [-0.25, -0.2) is 9.18 Å². The van der Waals surface area contributed by atoms with Gasteiger partial charge in [0.15, 0.2) is 0 Å². The van der Waals surface area contributed by atoms with Gasteiger partial charge in [-0.2, -0.15) is 0 Å². The van der Waals surface area contributed by atoms with Crippen LogP contribution in [0.15, 0.2) is 42.5 Å². The number of hydrogen-bond acceptors (Lipinski definition) is 5. The Balaban J connectivity index is 1.66. The summed E-state index contributed by atoms with van der Waals surface area (Å²) in [5.41, 5.74) is 6.49. The van der Waals surface area contributed by atoms with Gasteiger partial charge in [0.1, 0.15) is 30.5 Å². The van der Waals surface area contributed by atoms with Gasteiger partial charge in [0.2, 0.25) is 0 Å². The van der Waals surface area contributed by atoms with Crippen LogP contribution in [0.2, 0.25) is 5.02 Å². The monoisotopic (exact) mass is 449 g/mol. The summed E-state index contributed by atoms with van der Waals surface area (Å²) >= 11 is 5.98. The van der Waals surface area contributed by atoms with Gasteiger partial charge in [-0.05, 0) is 49.2 Å². The highest BCUT2D eigenvalue weighted by Crippen LogP contribution is 2.28. The van der Waals surface area contributed by atoms with E-state index < -0.39 is 12.1 Å². The first kappa shape index (κ1) is 23.0. The highest BCUT2D eigenvalue weighted by atomic mass is 35.5. The van der Waals surface area contributed by atoms with Crippen LogP contribution < -0.4 is 15.8 Å². The fourth-order valence-corrected chi connectivity index (χ4v) is 3.73. The van der Waals surface area contributed by atoms with Crippen LogP contribution >= 0.6 is 11.6 Å². The molecule has 0 aromatic heterocycles. The minimum absolute atomic E-state index is 0.0108. The number of primary amides is 1. The molecular formula is C22H25ClFN3O4. The number of nitrogens with zero attached hydrogens (tertiary/aromatic N) is 1. The molecule has 31 heavy (non-hydrogen) atoms. The number of carbonyl (C=O) groups excluding carboxylic acids is 2. The summed E-state index contributed by atoms with van der Waals surface area (Å²) in [6.45, 7) is 3.04. The number of anilines is 1. The predicted molar refractivity (Wildman–Crippen MR) is 116 cm³/mol. The Hall–Kier alpha value is -2.68. The molecule has 3 atom stereocenters. The van der Waals surface area contributed by atoms with E-state index >= 15 is 0 Å². The Labute approximate surface area is 185 Å². The van der Waals surface area contributed by atoms with Gasteiger partial charge in [-0.3, -0.25) is 4.90 Å². The van der Waals surface area contributed by atoms with E-state index in [2.05, 4.69) is 5.32 Å². The molecule has 1 unspecified atom stereocenters. The topological polar surface area (TPSA) is 93.9 Å². The Kier molecular flexibility index (Phi) is 7.84. The second kappa shape index (κ2) is 10.6. The maximum Gasteiger partial charge on any atom is 0.316 e. The van der Waals surface area contributed by atoms with Crippen LogP contribution in [0, 0.1) is 5.82 Å². The predicted octanol–water partition coefficient (Wildman–Crippen LogP) is 3.25. The Morgan fingerprint density at radius 3 is 2.81 bits per heavy atom. The molecule has 1 aliphatic heterocycles. The number of hydrogen-bond donors (Lipinski definition) is 2. The van der Waals surface area contributed by atoms with Crippen molar-refractivity contribution in [3.05, 3.63) is 58.9 Å². The third-order valence-electron chi connectivity index (χ3n) is 5.12. The van der Waals surface area contributed by atoms with Crippen LogP contribution in [-0.4, -0.2) is 55.2 Å². The lowest BCUT2D eigenvalue weighted by molar-refractivity contribution is -0.121. The van der Waals surface area contributed by atoms with E-state index in [1.54, 1.807) is 24.3 Å². The normalized spacial score (nSPS) is 20.1. The Morgan fingerprint density at radius 2 is 2.13 bits per heavy atom. The van der Waals surface area contributed by atoms with Crippen molar-refractivity contribution in [1.29, 1.82) is 0 Å². The van der Waals surface area contributed by atoms with Crippen molar-refractivity contribution >= 4 is 29.6 Å². The standard InChI is InChI=1S/C22H25ClFN3O4/c1-14-12-30-19(8-15-2-5-17(24)6-3-15)10-27(14)18(11-28)13-31-21-7-4-16(23)9-20(21)26-22(25)29/h2-7,9,11,14,18-19H,8,10,12-13H2,1H3,(H3,25,26,29)/t14-,18?,19+/m0/s1. The number of rotatable bonds is 8. The van der Waals surface area contributed by atoms with Crippen molar-refractivity contribution in [2.45, 2.75) is 31.5 Å². The van der Waals surface area contributed by atoms with E-state index in [9.17, 15) is 14.0 Å². The van der Waals surface area contributed by atoms with Gasteiger partial charge in [0.25, 0.3) is 0 Å². The highest BCUT2D eigenvalue weighted by Gasteiger charge is 2.32. The Bertz CT molecular complexity index is 912. The molecule has 0 spiro atoms. The lowest BCUT2D eigenvalue weighted by Crippen LogP contribution is -2.55. The summed E-state index contributed by atoms with van der Waals surface area (Å²) in [4.78, 5) is 25.1. The molecule has 2 aromatic carbocycles. The molecule has 3 rings (SSSR count). The maximum atomic E-state index is 13.1. The Morgan fingerprint density at radius 1 is 1.39 bits per heavy atom. The third-order valence-corrected chi connectivity index (χ3v) is 5.36. The summed E-state index contributed by atoms with van der Waals surface area (Å²) in [6.07, 6.45) is 1.32. The average molecular weight is 450 g/mol. The third kappa shape index (κ3) is 6.40. The minimum atomic E-state index is -0.746. The maximum absolute atomic E-state index is 13.1. The summed E-state index contributed by atoms with van der Waals surface area (Å²) in [7, 11) is 0. The van der Waals surface area contributed by atoms with Crippen molar-refractivity contribution in [3.63, 3.8) is 0 Å². The quantitative estimate of drug-likeness (QED) is 0.603. The molecule has 2 amide bonds. The molecule has 1 saturated heterocycles. The van der Waals surface area contributed by atoms with Crippen LogP contribution in [0.5, 0.6) is 5.75 Å². The van der Waals surface area contributed by atoms with Crippen LogP contribution in [-0.2, 0) is 16.0 Å². The summed E-state index contributed by atoms with van der Waals surface area (Å²) < 4.78 is 24.9. The summed E-state index contributed by atoms with van der Waals surface area (Å²) in [6, 6.07) is 9.80. The number of aldehydes is 1. The first-order valence-corrected chi connectivity index (χ1v) is 10.3. The molecule has 2 aromatic rings. The molecule has 9 heteroatoms. The SMILES string of the molecule is C[C@H]1CO[C@H](Cc2ccc(F)cc2)CN1C(C=O)COc1ccc(Cl)cc1NC(N)=O. The number of benzene rings is 2. The first-order valence-electron chi connectivity index (χ1n) is 9.91. The minimum Gasteiger partial charge on any atom is -0.489 e. The van der Waals surface area contributed by atoms with Crippen molar-refractivity contribution in [1.82, 2.24) is 4.90 Å². The number of nitrogens with one attached hydrogen (secondary N) is 1. The number of nitrogens with two attached hydrogens (primary N) is 1. The van der Waals surface area contributed by atoms with Gasteiger partial charge in [-0.1, -0.05) is 23.7 Å². The molecule has 1 aliphatic rings. The largest absolute Gasteiger partial charge is 0.489 e.